The van der Waals surface area contributed by atoms with Gasteiger partial charge in [0.1, 0.15) is 0 Å². The number of rotatable bonds is 2. The maximum Gasteiger partial charge on any atom is 0.195 e. The molecule has 2 aromatic rings. The molecule has 1 fully saturated rings. The Bertz CT molecular complexity index is 630. The van der Waals surface area contributed by atoms with E-state index in [1.165, 1.54) is 0 Å². The second-order valence-electron chi connectivity index (χ2n) is 4.08. The van der Waals surface area contributed by atoms with Gasteiger partial charge in [-0.2, -0.15) is 5.10 Å². The molecule has 0 saturated heterocycles. The van der Waals surface area contributed by atoms with Crippen LogP contribution in [0.2, 0.25) is 5.02 Å². The van der Waals surface area contributed by atoms with Crippen molar-refractivity contribution in [2.45, 2.75) is 18.9 Å². The number of aromatic amines is 1. The summed E-state index contributed by atoms with van der Waals surface area (Å²) in [6.07, 6.45) is 2.32. The average Bonchev–Trinajstić information content (AvgIpc) is 3.03. The molecule has 3 nitrogen and oxygen atoms in total. The van der Waals surface area contributed by atoms with Crippen LogP contribution in [0.4, 0.5) is 0 Å². The van der Waals surface area contributed by atoms with E-state index in [9.17, 15) is 0 Å². The minimum absolute atomic E-state index is 0.482. The van der Waals surface area contributed by atoms with Crippen molar-refractivity contribution in [3.63, 3.8) is 0 Å². The fraction of sp³-hybridized carbons (Fsp3) is 0.273. The van der Waals surface area contributed by atoms with E-state index in [1.54, 1.807) is 0 Å². The normalized spacial score (nSPS) is 15.2. The molecular weight excluding hydrogens is 322 g/mol. The summed E-state index contributed by atoms with van der Waals surface area (Å²) in [5, 5.41) is 7.80. The van der Waals surface area contributed by atoms with E-state index in [0.717, 1.165) is 28.7 Å². The molecule has 3 rings (SSSR count). The highest BCUT2D eigenvalue weighted by molar-refractivity contribution is 9.10. The summed E-state index contributed by atoms with van der Waals surface area (Å²) in [6.45, 7) is 0. The van der Waals surface area contributed by atoms with E-state index in [0.29, 0.717) is 15.8 Å². The zero-order valence-corrected chi connectivity index (χ0v) is 11.9. The number of H-pyrrole nitrogens is 1. The van der Waals surface area contributed by atoms with Crippen LogP contribution in [0.25, 0.3) is 11.4 Å². The van der Waals surface area contributed by atoms with Gasteiger partial charge in [0.2, 0.25) is 0 Å². The molecule has 0 radical (unpaired) electrons. The highest BCUT2D eigenvalue weighted by atomic mass is 79.9. The van der Waals surface area contributed by atoms with E-state index in [2.05, 4.69) is 30.7 Å². The molecule has 1 heterocycles. The molecule has 0 atom stereocenters. The lowest BCUT2D eigenvalue weighted by Crippen LogP contribution is -1.97. The first kappa shape index (κ1) is 11.4. The lowest BCUT2D eigenvalue weighted by Gasteiger charge is -2.06. The Morgan fingerprint density at radius 3 is 2.88 bits per heavy atom. The van der Waals surface area contributed by atoms with Crippen molar-refractivity contribution < 1.29 is 0 Å². The molecule has 1 saturated carbocycles. The number of hydrogen-bond donors (Lipinski definition) is 1. The van der Waals surface area contributed by atoms with Crippen LogP contribution in [0.1, 0.15) is 18.9 Å². The molecule has 1 aromatic heterocycles. The predicted molar refractivity (Wildman–Crippen MR) is 73.8 cm³/mol. The lowest BCUT2D eigenvalue weighted by molar-refractivity contribution is 0.735. The standard InChI is InChI=1S/C11H9BrClN3S/c12-6-1-4-8(9(13)5-6)10-14-15-11(17)16(10)7-2-3-7/h1,4-5,7H,2-3H2,(H,15,17). The fourth-order valence-corrected chi connectivity index (χ4v) is 2.88. The Hall–Kier alpha value is -0.650. The molecule has 6 heteroatoms. The highest BCUT2D eigenvalue weighted by Crippen LogP contribution is 2.39. The monoisotopic (exact) mass is 329 g/mol. The van der Waals surface area contributed by atoms with Crippen LogP contribution in [0.3, 0.4) is 0 Å². The molecule has 0 unspecified atom stereocenters. The Morgan fingerprint density at radius 1 is 1.47 bits per heavy atom. The number of benzene rings is 1. The van der Waals surface area contributed by atoms with E-state index in [1.807, 2.05) is 18.2 Å². The van der Waals surface area contributed by atoms with Crippen LogP contribution in [-0.4, -0.2) is 14.8 Å². The minimum atomic E-state index is 0.482. The molecule has 0 spiro atoms. The van der Waals surface area contributed by atoms with Gasteiger partial charge in [-0.25, -0.2) is 0 Å². The van der Waals surface area contributed by atoms with Gasteiger partial charge in [0.05, 0.1) is 5.02 Å². The molecule has 0 aliphatic heterocycles. The van der Waals surface area contributed by atoms with Crippen molar-refractivity contribution in [3.05, 3.63) is 32.5 Å². The Balaban J connectivity index is 2.18. The first-order chi connectivity index (χ1) is 8.16. The maximum atomic E-state index is 6.24. The zero-order valence-electron chi connectivity index (χ0n) is 8.78. The molecule has 1 aliphatic rings. The molecule has 88 valence electrons. The fourth-order valence-electron chi connectivity index (χ4n) is 1.84. The SMILES string of the molecule is S=c1[nH]nc(-c2ccc(Br)cc2Cl)n1C1CC1. The highest BCUT2D eigenvalue weighted by Gasteiger charge is 2.28. The van der Waals surface area contributed by atoms with Gasteiger partial charge in [0.25, 0.3) is 0 Å². The Morgan fingerprint density at radius 2 is 2.24 bits per heavy atom. The minimum Gasteiger partial charge on any atom is -0.297 e. The number of nitrogens with one attached hydrogen (secondary N) is 1. The summed E-state index contributed by atoms with van der Waals surface area (Å²) in [4.78, 5) is 0. The quantitative estimate of drug-likeness (QED) is 0.830. The van der Waals surface area contributed by atoms with Crippen LogP contribution in [0.15, 0.2) is 22.7 Å². The first-order valence-electron chi connectivity index (χ1n) is 5.29. The van der Waals surface area contributed by atoms with E-state index < -0.39 is 0 Å². The number of hydrogen-bond acceptors (Lipinski definition) is 2. The molecule has 17 heavy (non-hydrogen) atoms. The molecule has 1 aromatic carbocycles. The maximum absolute atomic E-state index is 6.24. The van der Waals surface area contributed by atoms with Crippen LogP contribution in [0, 0.1) is 4.77 Å². The number of halogens is 2. The van der Waals surface area contributed by atoms with Gasteiger partial charge < -0.3 is 0 Å². The molecule has 1 N–H and O–H groups in total. The van der Waals surface area contributed by atoms with E-state index in [-0.39, 0.29) is 0 Å². The second kappa shape index (κ2) is 4.23. The van der Waals surface area contributed by atoms with Crippen molar-refractivity contribution in [2.75, 3.05) is 0 Å². The Kier molecular flexibility index (Phi) is 2.84. The van der Waals surface area contributed by atoms with E-state index >= 15 is 0 Å². The molecule has 1 aliphatic carbocycles. The lowest BCUT2D eigenvalue weighted by atomic mass is 10.2. The summed E-state index contributed by atoms with van der Waals surface area (Å²) in [6, 6.07) is 6.26. The van der Waals surface area contributed by atoms with Crippen molar-refractivity contribution >= 4 is 39.7 Å². The van der Waals surface area contributed by atoms with Crippen molar-refractivity contribution in [3.8, 4) is 11.4 Å². The van der Waals surface area contributed by atoms with Crippen molar-refractivity contribution in [1.82, 2.24) is 14.8 Å². The largest absolute Gasteiger partial charge is 0.297 e. The van der Waals surface area contributed by atoms with Gasteiger partial charge in [-0.15, -0.1) is 0 Å². The van der Waals surface area contributed by atoms with Gasteiger partial charge in [0, 0.05) is 16.1 Å². The van der Waals surface area contributed by atoms with Crippen molar-refractivity contribution in [1.29, 1.82) is 0 Å². The first-order valence-corrected chi connectivity index (χ1v) is 6.87. The molecular formula is C11H9BrClN3S. The summed E-state index contributed by atoms with van der Waals surface area (Å²) >= 11 is 14.9. The van der Waals surface area contributed by atoms with Gasteiger partial charge in [0.15, 0.2) is 10.6 Å². The van der Waals surface area contributed by atoms with Gasteiger partial charge in [-0.05, 0) is 43.3 Å². The summed E-state index contributed by atoms with van der Waals surface area (Å²) < 4.78 is 3.68. The van der Waals surface area contributed by atoms with Crippen LogP contribution >= 0.6 is 39.7 Å². The zero-order chi connectivity index (χ0) is 12.0. The predicted octanol–water partition coefficient (Wildman–Crippen LogP) is 4.36. The smallest absolute Gasteiger partial charge is 0.195 e. The van der Waals surface area contributed by atoms with Crippen LogP contribution in [-0.2, 0) is 0 Å². The van der Waals surface area contributed by atoms with Crippen LogP contribution in [0.5, 0.6) is 0 Å². The summed E-state index contributed by atoms with van der Waals surface area (Å²) in [5.74, 6) is 0.829. The third-order valence-corrected chi connectivity index (χ3v) is 3.88. The second-order valence-corrected chi connectivity index (χ2v) is 5.79. The Labute approximate surface area is 117 Å². The van der Waals surface area contributed by atoms with Crippen LogP contribution < -0.4 is 0 Å². The van der Waals surface area contributed by atoms with Gasteiger partial charge in [-0.3, -0.25) is 9.67 Å². The topological polar surface area (TPSA) is 33.6 Å². The number of aromatic nitrogens is 3. The molecule has 0 amide bonds. The third kappa shape index (κ3) is 2.07. The van der Waals surface area contributed by atoms with Crippen molar-refractivity contribution in [2.24, 2.45) is 0 Å². The van der Waals surface area contributed by atoms with Gasteiger partial charge >= 0.3 is 0 Å². The summed E-state index contributed by atoms with van der Waals surface area (Å²) in [5.41, 5.74) is 0.911. The van der Waals surface area contributed by atoms with E-state index in [4.69, 9.17) is 23.8 Å². The average molecular weight is 331 g/mol. The third-order valence-electron chi connectivity index (χ3n) is 2.79. The number of nitrogens with zero attached hydrogens (tertiary/aromatic N) is 2. The molecule has 0 bridgehead atoms. The van der Waals surface area contributed by atoms with Gasteiger partial charge in [-0.1, -0.05) is 27.5 Å². The summed E-state index contributed by atoms with van der Waals surface area (Å²) in [7, 11) is 0.